The number of carbonyl (C=O) groups is 2. The first kappa shape index (κ1) is 21.8. The maximum Gasteiger partial charge on any atom is 0.409 e. The van der Waals surface area contributed by atoms with Gasteiger partial charge in [0.05, 0.1) is 6.04 Å². The number of carboxylic acid groups (broad SMARTS) is 1. The van der Waals surface area contributed by atoms with Crippen LogP contribution in [0.4, 0.5) is 10.5 Å². The van der Waals surface area contributed by atoms with Crippen molar-refractivity contribution in [1.29, 1.82) is 0 Å². The largest absolute Gasteiger partial charge is 0.465 e. The number of nitrogens with zero attached hydrogens (tertiary/aromatic N) is 2. The van der Waals surface area contributed by atoms with Crippen molar-refractivity contribution in [2.24, 2.45) is 0 Å². The van der Waals surface area contributed by atoms with E-state index >= 15 is 0 Å². The molecule has 1 aliphatic heterocycles. The summed E-state index contributed by atoms with van der Waals surface area (Å²) in [6, 6.07) is 15.3. The van der Waals surface area contributed by atoms with Gasteiger partial charge in [0, 0.05) is 50.5 Å². The first-order valence-corrected chi connectivity index (χ1v) is 10.5. The van der Waals surface area contributed by atoms with Crippen LogP contribution in [0.2, 0.25) is 0 Å². The maximum atomic E-state index is 12.7. The van der Waals surface area contributed by atoms with Gasteiger partial charge in [-0.25, -0.2) is 4.79 Å². The summed E-state index contributed by atoms with van der Waals surface area (Å²) in [5.41, 5.74) is 3.34. The highest BCUT2D eigenvalue weighted by Crippen LogP contribution is 2.31. The van der Waals surface area contributed by atoms with Crippen molar-refractivity contribution < 1.29 is 14.7 Å². The SMILES string of the molecule is CCN(CC)C(=O)c1ccc([C@H](c2cccc(NC(=O)O)c2)N2CCNCC2)cc1. The molecule has 2 aromatic rings. The van der Waals surface area contributed by atoms with Crippen LogP contribution in [0.15, 0.2) is 48.5 Å². The smallest absolute Gasteiger partial charge is 0.409 e. The second kappa shape index (κ2) is 10.2. The van der Waals surface area contributed by atoms with Crippen molar-refractivity contribution in [2.75, 3.05) is 44.6 Å². The molecule has 1 saturated heterocycles. The first-order chi connectivity index (χ1) is 14.5. The first-order valence-electron chi connectivity index (χ1n) is 10.5. The third-order valence-electron chi connectivity index (χ3n) is 5.49. The second-order valence-corrected chi connectivity index (χ2v) is 7.34. The highest BCUT2D eigenvalue weighted by Gasteiger charge is 2.25. The average Bonchev–Trinajstić information content (AvgIpc) is 2.76. The Morgan fingerprint density at radius 2 is 1.73 bits per heavy atom. The normalized spacial score (nSPS) is 15.4. The van der Waals surface area contributed by atoms with Crippen LogP contribution in [0.5, 0.6) is 0 Å². The van der Waals surface area contributed by atoms with Crippen LogP contribution in [0.3, 0.4) is 0 Å². The van der Waals surface area contributed by atoms with Gasteiger partial charge in [-0.05, 0) is 49.2 Å². The third kappa shape index (κ3) is 5.17. The van der Waals surface area contributed by atoms with Gasteiger partial charge in [0.2, 0.25) is 0 Å². The molecule has 3 rings (SSSR count). The number of carbonyl (C=O) groups excluding carboxylic acids is 1. The molecule has 0 unspecified atom stereocenters. The molecule has 0 spiro atoms. The monoisotopic (exact) mass is 410 g/mol. The predicted molar refractivity (Wildman–Crippen MR) is 118 cm³/mol. The third-order valence-corrected chi connectivity index (χ3v) is 5.49. The van der Waals surface area contributed by atoms with Crippen LogP contribution in [-0.2, 0) is 0 Å². The molecule has 7 heteroatoms. The van der Waals surface area contributed by atoms with Gasteiger partial charge < -0.3 is 15.3 Å². The maximum absolute atomic E-state index is 12.7. The van der Waals surface area contributed by atoms with E-state index in [4.69, 9.17) is 5.11 Å². The molecule has 2 amide bonds. The molecule has 1 heterocycles. The fraction of sp³-hybridized carbons (Fsp3) is 0.391. The Morgan fingerprint density at radius 3 is 2.33 bits per heavy atom. The van der Waals surface area contributed by atoms with Crippen LogP contribution in [0, 0.1) is 0 Å². The Bertz CT molecular complexity index is 859. The lowest BCUT2D eigenvalue weighted by Crippen LogP contribution is -2.45. The highest BCUT2D eigenvalue weighted by atomic mass is 16.4. The summed E-state index contributed by atoms with van der Waals surface area (Å²) in [6.07, 6.45) is -1.08. The molecule has 2 aromatic carbocycles. The molecule has 30 heavy (non-hydrogen) atoms. The molecule has 7 nitrogen and oxygen atoms in total. The van der Waals surface area contributed by atoms with E-state index in [0.29, 0.717) is 24.3 Å². The minimum absolute atomic E-state index is 0.0137. The van der Waals surface area contributed by atoms with E-state index in [-0.39, 0.29) is 11.9 Å². The number of hydrogen-bond acceptors (Lipinski definition) is 4. The van der Waals surface area contributed by atoms with E-state index in [9.17, 15) is 9.59 Å². The van der Waals surface area contributed by atoms with Crippen molar-refractivity contribution >= 4 is 17.7 Å². The lowest BCUT2D eigenvalue weighted by atomic mass is 9.95. The topological polar surface area (TPSA) is 84.9 Å². The molecule has 160 valence electrons. The zero-order chi connectivity index (χ0) is 21.5. The van der Waals surface area contributed by atoms with E-state index in [2.05, 4.69) is 15.5 Å². The van der Waals surface area contributed by atoms with Crippen molar-refractivity contribution in [3.8, 4) is 0 Å². The van der Waals surface area contributed by atoms with Gasteiger partial charge in [-0.3, -0.25) is 15.0 Å². The van der Waals surface area contributed by atoms with Crippen LogP contribution in [0.1, 0.15) is 41.4 Å². The molecule has 1 atom stereocenters. The van der Waals surface area contributed by atoms with Crippen molar-refractivity contribution in [2.45, 2.75) is 19.9 Å². The number of anilines is 1. The molecule has 0 aliphatic carbocycles. The van der Waals surface area contributed by atoms with Gasteiger partial charge in [0.25, 0.3) is 5.91 Å². The predicted octanol–water partition coefficient (Wildman–Crippen LogP) is 3.25. The summed E-state index contributed by atoms with van der Waals surface area (Å²) < 4.78 is 0. The van der Waals surface area contributed by atoms with Crippen molar-refractivity contribution in [3.05, 3.63) is 65.2 Å². The standard InChI is InChI=1S/C23H30N4O3/c1-3-26(4-2)22(28)18-10-8-17(9-11-18)21(27-14-12-24-13-15-27)19-6-5-7-20(16-19)25-23(29)30/h5-11,16,21,24-25H,3-4,12-15H2,1-2H3,(H,29,30)/t21-/m1/s1. The molecule has 0 aromatic heterocycles. The van der Waals surface area contributed by atoms with E-state index in [1.165, 1.54) is 0 Å². The fourth-order valence-corrected chi connectivity index (χ4v) is 3.97. The second-order valence-electron chi connectivity index (χ2n) is 7.34. The average molecular weight is 411 g/mol. The fourth-order valence-electron chi connectivity index (χ4n) is 3.97. The molecular formula is C23H30N4O3. The Hall–Kier alpha value is -2.90. The summed E-state index contributed by atoms with van der Waals surface area (Å²) in [5.74, 6) is 0.0397. The Balaban J connectivity index is 1.93. The lowest BCUT2D eigenvalue weighted by Gasteiger charge is -2.36. The summed E-state index contributed by atoms with van der Waals surface area (Å²) in [4.78, 5) is 27.9. The quantitative estimate of drug-likeness (QED) is 0.653. The van der Waals surface area contributed by atoms with E-state index in [1.54, 1.807) is 6.07 Å². The van der Waals surface area contributed by atoms with Crippen LogP contribution < -0.4 is 10.6 Å². The summed E-state index contributed by atoms with van der Waals surface area (Å²) in [5, 5.41) is 14.9. The number of hydrogen-bond donors (Lipinski definition) is 3. The zero-order valence-electron chi connectivity index (χ0n) is 17.6. The van der Waals surface area contributed by atoms with Crippen LogP contribution in [0.25, 0.3) is 0 Å². The van der Waals surface area contributed by atoms with Crippen molar-refractivity contribution in [3.63, 3.8) is 0 Å². The van der Waals surface area contributed by atoms with Gasteiger partial charge in [0.1, 0.15) is 0 Å². The summed E-state index contributed by atoms with van der Waals surface area (Å²) in [7, 11) is 0. The molecule has 0 saturated carbocycles. The Morgan fingerprint density at radius 1 is 1.07 bits per heavy atom. The van der Waals surface area contributed by atoms with E-state index in [0.717, 1.165) is 37.3 Å². The number of rotatable bonds is 7. The zero-order valence-corrected chi connectivity index (χ0v) is 17.6. The van der Waals surface area contributed by atoms with Crippen LogP contribution >= 0.6 is 0 Å². The molecular weight excluding hydrogens is 380 g/mol. The van der Waals surface area contributed by atoms with Gasteiger partial charge in [-0.15, -0.1) is 0 Å². The number of amides is 2. The summed E-state index contributed by atoms with van der Waals surface area (Å²) >= 11 is 0. The number of piperazine rings is 1. The van der Waals surface area contributed by atoms with Crippen LogP contribution in [-0.4, -0.2) is 66.2 Å². The lowest BCUT2D eigenvalue weighted by molar-refractivity contribution is 0.0773. The van der Waals surface area contributed by atoms with Gasteiger partial charge in [-0.1, -0.05) is 24.3 Å². The van der Waals surface area contributed by atoms with Gasteiger partial charge in [0.15, 0.2) is 0 Å². The minimum atomic E-state index is -1.08. The Kier molecular flexibility index (Phi) is 7.43. The molecule has 0 bridgehead atoms. The number of benzene rings is 2. The highest BCUT2D eigenvalue weighted by molar-refractivity contribution is 5.94. The van der Waals surface area contributed by atoms with Gasteiger partial charge >= 0.3 is 6.09 Å². The van der Waals surface area contributed by atoms with E-state index in [1.807, 2.05) is 61.2 Å². The molecule has 1 aliphatic rings. The van der Waals surface area contributed by atoms with Crippen molar-refractivity contribution in [1.82, 2.24) is 15.1 Å². The van der Waals surface area contributed by atoms with Gasteiger partial charge in [-0.2, -0.15) is 0 Å². The minimum Gasteiger partial charge on any atom is -0.465 e. The Labute approximate surface area is 177 Å². The summed E-state index contributed by atoms with van der Waals surface area (Å²) in [6.45, 7) is 8.92. The van der Waals surface area contributed by atoms with E-state index < -0.39 is 6.09 Å². The number of nitrogens with one attached hydrogen (secondary N) is 2. The molecule has 1 fully saturated rings. The molecule has 3 N–H and O–H groups in total. The molecule has 0 radical (unpaired) electrons.